The topological polar surface area (TPSA) is 146 Å². The van der Waals surface area contributed by atoms with Gasteiger partial charge in [-0.2, -0.15) is 0 Å². The van der Waals surface area contributed by atoms with Gasteiger partial charge in [-0.3, -0.25) is 9.69 Å². The molecular formula is C27H34N8O3. The molecule has 5 N–H and O–H groups in total. The highest BCUT2D eigenvalue weighted by Crippen LogP contribution is 2.45. The summed E-state index contributed by atoms with van der Waals surface area (Å²) in [5.74, 6) is 0.561. The van der Waals surface area contributed by atoms with Gasteiger partial charge in [-0.15, -0.1) is 0 Å². The van der Waals surface area contributed by atoms with Crippen LogP contribution in [0.4, 0.5) is 11.4 Å². The predicted octanol–water partition coefficient (Wildman–Crippen LogP) is 1.92. The summed E-state index contributed by atoms with van der Waals surface area (Å²) in [4.78, 5) is 33.6. The van der Waals surface area contributed by atoms with Crippen LogP contribution in [-0.4, -0.2) is 73.2 Å². The second-order valence-electron chi connectivity index (χ2n) is 10.5. The molecule has 11 heteroatoms. The number of anilines is 2. The Kier molecular flexibility index (Phi) is 6.80. The van der Waals surface area contributed by atoms with Crippen molar-refractivity contribution in [1.29, 1.82) is 0 Å². The molecule has 1 amide bonds. The van der Waals surface area contributed by atoms with E-state index in [-0.39, 0.29) is 11.4 Å². The number of aliphatic hydroxyl groups is 1. The number of carbonyl (C=O) groups excluding carboxylic acids is 1. The van der Waals surface area contributed by atoms with Crippen molar-refractivity contribution in [1.82, 2.24) is 24.8 Å². The number of carbonyl (C=O) groups is 1. The Hall–Kier alpha value is -3.96. The molecule has 1 fully saturated rings. The van der Waals surface area contributed by atoms with Crippen molar-refractivity contribution in [3.05, 3.63) is 66.4 Å². The smallest absolute Gasteiger partial charge is 0.261 e. The van der Waals surface area contributed by atoms with Crippen molar-refractivity contribution in [2.45, 2.75) is 44.9 Å². The summed E-state index contributed by atoms with van der Waals surface area (Å²) in [5, 5.41) is 13.8. The first-order valence-electron chi connectivity index (χ1n) is 12.7. The number of fused-ring (bicyclic) bond motifs is 1. The van der Waals surface area contributed by atoms with Gasteiger partial charge in [0.2, 0.25) is 0 Å². The SMILES string of the molecule is CC(C)(O)C1(C)Cc2cc(NC(=O)C(=CN)c3ncccn3)c(N3CCN(Cc4cnc[nH]4)CC3)cc2O1. The van der Waals surface area contributed by atoms with Gasteiger partial charge in [0, 0.05) is 81.3 Å². The molecule has 1 aromatic carbocycles. The summed E-state index contributed by atoms with van der Waals surface area (Å²) >= 11 is 0. The van der Waals surface area contributed by atoms with Crippen LogP contribution in [0.3, 0.4) is 0 Å². The van der Waals surface area contributed by atoms with Crippen LogP contribution in [0.25, 0.3) is 5.57 Å². The average Bonchev–Trinajstić information content (AvgIpc) is 3.52. The van der Waals surface area contributed by atoms with Gasteiger partial charge in [0.1, 0.15) is 11.4 Å². The number of nitrogens with two attached hydrogens (primary N) is 1. The van der Waals surface area contributed by atoms with Crippen molar-refractivity contribution in [2.24, 2.45) is 5.73 Å². The number of rotatable bonds is 7. The number of nitrogens with one attached hydrogen (secondary N) is 2. The Morgan fingerprint density at radius 3 is 2.63 bits per heavy atom. The van der Waals surface area contributed by atoms with Crippen LogP contribution in [0.5, 0.6) is 5.75 Å². The van der Waals surface area contributed by atoms with E-state index < -0.39 is 17.1 Å². The monoisotopic (exact) mass is 518 g/mol. The maximum atomic E-state index is 13.3. The van der Waals surface area contributed by atoms with Crippen LogP contribution in [0, 0.1) is 0 Å². The number of imidazole rings is 1. The molecular weight excluding hydrogens is 484 g/mol. The number of aromatic amines is 1. The minimum absolute atomic E-state index is 0.180. The fraction of sp³-hybridized carbons (Fsp3) is 0.407. The number of hydrogen-bond donors (Lipinski definition) is 4. The standard InChI is InChI=1S/C27H34N8O3/c1-26(2,37)27(3)13-18-11-21(33-25(36)20(14-28)24-30-5-4-6-31-24)22(12-23(18)38-27)35-9-7-34(8-10-35)16-19-15-29-17-32-19/h4-6,11-12,14-15,17,37H,7-10,13,16,28H2,1-3H3,(H,29,32)(H,33,36). The van der Waals surface area contributed by atoms with E-state index in [0.717, 1.165) is 49.7 Å². The molecule has 0 aliphatic carbocycles. The summed E-state index contributed by atoms with van der Waals surface area (Å²) in [6, 6.07) is 5.59. The summed E-state index contributed by atoms with van der Waals surface area (Å²) in [6.07, 6.45) is 8.40. The van der Waals surface area contributed by atoms with Crippen LogP contribution in [0.1, 0.15) is 37.9 Å². The zero-order valence-corrected chi connectivity index (χ0v) is 21.9. The molecule has 11 nitrogen and oxygen atoms in total. The molecule has 1 unspecified atom stereocenters. The van der Waals surface area contributed by atoms with Gasteiger partial charge in [-0.05, 0) is 32.9 Å². The van der Waals surface area contributed by atoms with Gasteiger partial charge in [-0.25, -0.2) is 15.0 Å². The lowest BCUT2D eigenvalue weighted by Gasteiger charge is -2.37. The molecule has 3 aromatic rings. The summed E-state index contributed by atoms with van der Waals surface area (Å²) < 4.78 is 6.32. The normalized spacial score (nSPS) is 20.2. The fourth-order valence-corrected chi connectivity index (χ4v) is 4.83. The van der Waals surface area contributed by atoms with E-state index in [1.807, 2.05) is 25.3 Å². The van der Waals surface area contributed by atoms with E-state index >= 15 is 0 Å². The number of hydrogen-bond acceptors (Lipinski definition) is 9. The maximum Gasteiger partial charge on any atom is 0.261 e. The van der Waals surface area contributed by atoms with E-state index in [0.29, 0.717) is 17.9 Å². The van der Waals surface area contributed by atoms with Gasteiger partial charge in [0.25, 0.3) is 5.91 Å². The highest BCUT2D eigenvalue weighted by molar-refractivity contribution is 6.24. The molecule has 5 rings (SSSR count). The quantitative estimate of drug-likeness (QED) is 0.345. The van der Waals surface area contributed by atoms with Crippen molar-refractivity contribution < 1.29 is 14.6 Å². The van der Waals surface area contributed by atoms with Gasteiger partial charge in [0.05, 0.1) is 28.9 Å². The molecule has 0 bridgehead atoms. The number of H-pyrrole nitrogens is 1. The van der Waals surface area contributed by atoms with Crippen LogP contribution < -0.4 is 20.7 Å². The van der Waals surface area contributed by atoms with E-state index in [1.54, 1.807) is 38.6 Å². The summed E-state index contributed by atoms with van der Waals surface area (Å²) in [5.41, 5.74) is 7.63. The van der Waals surface area contributed by atoms with Crippen LogP contribution in [0.15, 0.2) is 49.3 Å². The summed E-state index contributed by atoms with van der Waals surface area (Å²) in [6.45, 7) is 9.42. The van der Waals surface area contributed by atoms with E-state index in [9.17, 15) is 9.90 Å². The van der Waals surface area contributed by atoms with Gasteiger partial charge < -0.3 is 30.8 Å². The highest BCUT2D eigenvalue weighted by atomic mass is 16.5. The maximum absolute atomic E-state index is 13.3. The number of ether oxygens (including phenoxy) is 1. The molecule has 0 spiro atoms. The molecule has 2 aliphatic heterocycles. The van der Waals surface area contributed by atoms with Crippen LogP contribution in [-0.2, 0) is 17.8 Å². The number of aromatic nitrogens is 4. The Balaban J connectivity index is 1.42. The number of nitrogens with zero attached hydrogens (tertiary/aromatic N) is 5. The zero-order valence-electron chi connectivity index (χ0n) is 21.9. The Morgan fingerprint density at radius 2 is 2.00 bits per heavy atom. The van der Waals surface area contributed by atoms with E-state index in [2.05, 4.69) is 35.1 Å². The number of piperazine rings is 1. The zero-order chi connectivity index (χ0) is 26.9. The molecule has 0 radical (unpaired) electrons. The van der Waals surface area contributed by atoms with Gasteiger partial charge >= 0.3 is 0 Å². The first kappa shape index (κ1) is 25.7. The molecule has 2 aliphatic rings. The molecule has 1 saturated heterocycles. The Morgan fingerprint density at radius 1 is 1.26 bits per heavy atom. The molecule has 0 saturated carbocycles. The van der Waals surface area contributed by atoms with Gasteiger partial charge in [-0.1, -0.05) is 0 Å². The second kappa shape index (κ2) is 10.1. The van der Waals surface area contributed by atoms with Crippen LogP contribution in [0.2, 0.25) is 0 Å². The molecule has 200 valence electrons. The first-order valence-corrected chi connectivity index (χ1v) is 12.7. The predicted molar refractivity (Wildman–Crippen MR) is 144 cm³/mol. The molecule has 4 heterocycles. The average molecular weight is 519 g/mol. The molecule has 2 aromatic heterocycles. The fourth-order valence-electron chi connectivity index (χ4n) is 4.83. The minimum Gasteiger partial charge on any atom is -0.484 e. The lowest BCUT2D eigenvalue weighted by molar-refractivity contribution is -0.111. The third kappa shape index (κ3) is 5.07. The minimum atomic E-state index is -1.06. The van der Waals surface area contributed by atoms with Gasteiger partial charge in [0.15, 0.2) is 5.82 Å². The highest BCUT2D eigenvalue weighted by Gasteiger charge is 2.47. The van der Waals surface area contributed by atoms with E-state index in [4.69, 9.17) is 10.5 Å². The third-order valence-corrected chi connectivity index (χ3v) is 7.46. The van der Waals surface area contributed by atoms with Crippen LogP contribution >= 0.6 is 0 Å². The Bertz CT molecular complexity index is 1310. The van der Waals surface area contributed by atoms with Crippen molar-refractivity contribution in [2.75, 3.05) is 36.4 Å². The number of benzene rings is 1. The van der Waals surface area contributed by atoms with Crippen molar-refractivity contribution >= 4 is 22.9 Å². The Labute approximate surface area is 221 Å². The lowest BCUT2D eigenvalue weighted by Crippen LogP contribution is -2.51. The van der Waals surface area contributed by atoms with Crippen molar-refractivity contribution in [3.8, 4) is 5.75 Å². The second-order valence-corrected chi connectivity index (χ2v) is 10.5. The third-order valence-electron chi connectivity index (χ3n) is 7.46. The molecule has 38 heavy (non-hydrogen) atoms. The largest absolute Gasteiger partial charge is 0.484 e. The number of amides is 1. The first-order chi connectivity index (χ1) is 18.2. The summed E-state index contributed by atoms with van der Waals surface area (Å²) in [7, 11) is 0. The lowest BCUT2D eigenvalue weighted by atomic mass is 9.84. The van der Waals surface area contributed by atoms with E-state index in [1.165, 1.54) is 6.20 Å². The van der Waals surface area contributed by atoms with Crippen molar-refractivity contribution in [3.63, 3.8) is 0 Å². The molecule has 1 atom stereocenters.